The quantitative estimate of drug-likeness (QED) is 0.714. The van der Waals surface area contributed by atoms with Gasteiger partial charge in [-0.25, -0.2) is 4.98 Å². The van der Waals surface area contributed by atoms with Crippen molar-refractivity contribution in [3.63, 3.8) is 0 Å². The summed E-state index contributed by atoms with van der Waals surface area (Å²) < 4.78 is 1.07. The van der Waals surface area contributed by atoms with Crippen molar-refractivity contribution in [2.75, 3.05) is 0 Å². The van der Waals surface area contributed by atoms with Crippen LogP contribution in [0.3, 0.4) is 0 Å². The molecule has 0 bridgehead atoms. The summed E-state index contributed by atoms with van der Waals surface area (Å²) in [5.41, 5.74) is 10.3. The summed E-state index contributed by atoms with van der Waals surface area (Å²) in [5, 5.41) is 1.00. The number of thiazole rings is 1. The van der Waals surface area contributed by atoms with Crippen molar-refractivity contribution in [2.24, 2.45) is 5.73 Å². The minimum absolute atomic E-state index is 0.449. The first kappa shape index (κ1) is 14.4. The van der Waals surface area contributed by atoms with Gasteiger partial charge in [0, 0.05) is 16.6 Å². The molecule has 0 aliphatic heterocycles. The van der Waals surface area contributed by atoms with Crippen molar-refractivity contribution in [3.8, 4) is 21.0 Å². The van der Waals surface area contributed by atoms with Gasteiger partial charge in [0.2, 0.25) is 0 Å². The maximum Gasteiger partial charge on any atom is 0.125 e. The molecular formula is C17H15BrN2S. The fraction of sp³-hybridized carbons (Fsp3) is 0.118. The lowest BCUT2D eigenvalue weighted by atomic mass is 10.1. The Morgan fingerprint density at radius 1 is 1.14 bits per heavy atom. The number of halogens is 1. The molecule has 2 aromatic carbocycles. The molecule has 0 unspecified atom stereocenters. The minimum Gasteiger partial charge on any atom is -0.325 e. The first-order valence-corrected chi connectivity index (χ1v) is 8.31. The first-order chi connectivity index (χ1) is 10.2. The van der Waals surface area contributed by atoms with Crippen LogP contribution in [0.5, 0.6) is 0 Å². The maximum absolute atomic E-state index is 5.87. The minimum atomic E-state index is 0.449. The maximum atomic E-state index is 5.87. The highest BCUT2D eigenvalue weighted by Gasteiger charge is 2.14. The molecule has 4 heteroatoms. The number of aryl methyl sites for hydroxylation is 1. The number of benzene rings is 2. The first-order valence-electron chi connectivity index (χ1n) is 6.70. The van der Waals surface area contributed by atoms with E-state index in [1.54, 1.807) is 11.3 Å². The Morgan fingerprint density at radius 2 is 1.90 bits per heavy atom. The number of aromatic nitrogens is 1. The van der Waals surface area contributed by atoms with Gasteiger partial charge in [0.15, 0.2) is 0 Å². The van der Waals surface area contributed by atoms with Crippen molar-refractivity contribution in [1.82, 2.24) is 4.98 Å². The van der Waals surface area contributed by atoms with Gasteiger partial charge in [0.05, 0.1) is 10.6 Å². The molecule has 1 heterocycles. The van der Waals surface area contributed by atoms with Crippen molar-refractivity contribution in [3.05, 3.63) is 64.3 Å². The molecule has 0 aliphatic carbocycles. The molecule has 0 radical (unpaired) electrons. The van der Waals surface area contributed by atoms with E-state index in [2.05, 4.69) is 53.2 Å². The van der Waals surface area contributed by atoms with Crippen LogP contribution in [0.4, 0.5) is 0 Å². The topological polar surface area (TPSA) is 38.9 Å². The smallest absolute Gasteiger partial charge is 0.125 e. The summed E-state index contributed by atoms with van der Waals surface area (Å²) in [6.07, 6.45) is 0. The third-order valence-electron chi connectivity index (χ3n) is 3.28. The van der Waals surface area contributed by atoms with Gasteiger partial charge in [0.25, 0.3) is 0 Å². The molecule has 0 spiro atoms. The highest BCUT2D eigenvalue weighted by Crippen LogP contribution is 2.38. The zero-order chi connectivity index (χ0) is 14.8. The zero-order valence-corrected chi connectivity index (χ0v) is 14.0. The van der Waals surface area contributed by atoms with E-state index in [4.69, 9.17) is 10.7 Å². The lowest BCUT2D eigenvalue weighted by Crippen LogP contribution is -1.98. The molecule has 106 valence electrons. The number of rotatable bonds is 3. The van der Waals surface area contributed by atoms with Crippen LogP contribution in [0.15, 0.2) is 53.0 Å². The van der Waals surface area contributed by atoms with E-state index < -0.39 is 0 Å². The SMILES string of the molecule is Cc1ccc(-c2nc(CN)c(-c3ccccc3)s2)c(Br)c1. The monoisotopic (exact) mass is 358 g/mol. The number of nitrogens with zero attached hydrogens (tertiary/aromatic N) is 1. The molecule has 0 saturated heterocycles. The molecule has 0 saturated carbocycles. The number of hydrogen-bond donors (Lipinski definition) is 1. The van der Waals surface area contributed by atoms with Gasteiger partial charge in [-0.2, -0.15) is 0 Å². The Balaban J connectivity index is 2.12. The molecule has 0 aliphatic rings. The predicted molar refractivity (Wildman–Crippen MR) is 93.3 cm³/mol. The van der Waals surface area contributed by atoms with Gasteiger partial charge in [-0.3, -0.25) is 0 Å². The number of hydrogen-bond acceptors (Lipinski definition) is 3. The molecule has 1 aromatic heterocycles. The number of nitrogens with two attached hydrogens (primary N) is 1. The van der Waals surface area contributed by atoms with E-state index in [1.165, 1.54) is 11.1 Å². The van der Waals surface area contributed by atoms with Gasteiger partial charge in [-0.05, 0) is 24.1 Å². The van der Waals surface area contributed by atoms with E-state index in [1.807, 2.05) is 18.2 Å². The second kappa shape index (κ2) is 6.10. The lowest BCUT2D eigenvalue weighted by Gasteiger charge is -2.01. The van der Waals surface area contributed by atoms with Gasteiger partial charge in [-0.1, -0.05) is 58.4 Å². The Bertz CT molecular complexity index is 766. The molecule has 2 N–H and O–H groups in total. The van der Waals surface area contributed by atoms with Crippen LogP contribution in [-0.2, 0) is 6.54 Å². The highest BCUT2D eigenvalue weighted by atomic mass is 79.9. The average molecular weight is 359 g/mol. The van der Waals surface area contributed by atoms with Gasteiger partial charge in [0.1, 0.15) is 5.01 Å². The molecule has 21 heavy (non-hydrogen) atoms. The van der Waals surface area contributed by atoms with Crippen LogP contribution >= 0.6 is 27.3 Å². The van der Waals surface area contributed by atoms with Gasteiger partial charge in [-0.15, -0.1) is 11.3 Å². The summed E-state index contributed by atoms with van der Waals surface area (Å²) >= 11 is 5.32. The average Bonchev–Trinajstić information content (AvgIpc) is 2.92. The molecule has 3 aromatic rings. The zero-order valence-electron chi connectivity index (χ0n) is 11.6. The van der Waals surface area contributed by atoms with Crippen LogP contribution in [0, 0.1) is 6.92 Å². The molecule has 2 nitrogen and oxygen atoms in total. The molecule has 0 amide bonds. The van der Waals surface area contributed by atoms with Crippen molar-refractivity contribution < 1.29 is 0 Å². The summed E-state index contributed by atoms with van der Waals surface area (Å²) in [6, 6.07) is 16.6. The highest BCUT2D eigenvalue weighted by molar-refractivity contribution is 9.10. The van der Waals surface area contributed by atoms with Crippen molar-refractivity contribution in [1.29, 1.82) is 0 Å². The fourth-order valence-electron chi connectivity index (χ4n) is 2.21. The van der Waals surface area contributed by atoms with Gasteiger partial charge < -0.3 is 5.73 Å². The van der Waals surface area contributed by atoms with Crippen molar-refractivity contribution >= 4 is 27.3 Å². The van der Waals surface area contributed by atoms with Crippen LogP contribution in [0.2, 0.25) is 0 Å². The largest absolute Gasteiger partial charge is 0.325 e. The van der Waals surface area contributed by atoms with Crippen LogP contribution < -0.4 is 5.73 Å². The summed E-state index contributed by atoms with van der Waals surface area (Å²) in [4.78, 5) is 5.88. The Kier molecular flexibility index (Phi) is 4.19. The molecular weight excluding hydrogens is 344 g/mol. The Hall–Kier alpha value is -1.49. The van der Waals surface area contributed by atoms with E-state index in [-0.39, 0.29) is 0 Å². The third kappa shape index (κ3) is 2.93. The summed E-state index contributed by atoms with van der Waals surface area (Å²) in [7, 11) is 0. The third-order valence-corrected chi connectivity index (χ3v) is 5.12. The normalized spacial score (nSPS) is 10.8. The van der Waals surface area contributed by atoms with Crippen molar-refractivity contribution in [2.45, 2.75) is 13.5 Å². The second-order valence-corrected chi connectivity index (χ2v) is 6.70. The van der Waals surface area contributed by atoms with Crippen LogP contribution in [0.1, 0.15) is 11.3 Å². The lowest BCUT2D eigenvalue weighted by molar-refractivity contribution is 1.02. The molecule has 3 rings (SSSR count). The van der Waals surface area contributed by atoms with E-state index in [9.17, 15) is 0 Å². The van der Waals surface area contributed by atoms with E-state index >= 15 is 0 Å². The second-order valence-electron chi connectivity index (χ2n) is 4.85. The standard InChI is InChI=1S/C17H15BrN2S/c1-11-7-8-13(14(18)9-11)17-20-15(10-19)16(21-17)12-5-3-2-4-6-12/h2-9H,10,19H2,1H3. The van der Waals surface area contributed by atoms with Gasteiger partial charge >= 0.3 is 0 Å². The molecule has 0 atom stereocenters. The van der Waals surface area contributed by atoms with E-state index in [0.29, 0.717) is 6.54 Å². The Morgan fingerprint density at radius 3 is 2.57 bits per heavy atom. The molecule has 0 fully saturated rings. The van der Waals surface area contributed by atoms with E-state index in [0.717, 1.165) is 25.6 Å². The van der Waals surface area contributed by atoms with Crippen LogP contribution in [-0.4, -0.2) is 4.98 Å². The summed E-state index contributed by atoms with van der Waals surface area (Å²) in [6.45, 7) is 2.53. The Labute approximate surface area is 136 Å². The van der Waals surface area contributed by atoms with Crippen LogP contribution in [0.25, 0.3) is 21.0 Å². The fourth-order valence-corrected chi connectivity index (χ4v) is 4.16. The predicted octanol–water partition coefficient (Wildman–Crippen LogP) is 5.01. The summed E-state index contributed by atoms with van der Waals surface area (Å²) in [5.74, 6) is 0.